The Morgan fingerprint density at radius 1 is 0.880 bits per heavy atom. The highest BCUT2D eigenvalue weighted by Crippen LogP contribution is 2.21. The van der Waals surface area contributed by atoms with Crippen molar-refractivity contribution >= 4 is 17.5 Å². The van der Waals surface area contributed by atoms with Crippen molar-refractivity contribution in [1.29, 1.82) is 0 Å². The number of rotatable bonds is 4. The molecule has 0 amide bonds. The first kappa shape index (κ1) is 16.4. The Morgan fingerprint density at radius 3 is 1.92 bits per heavy atom. The number of nitrogens with zero attached hydrogens (tertiary/aromatic N) is 2. The summed E-state index contributed by atoms with van der Waals surface area (Å²) in [6.07, 6.45) is 3.35. The van der Waals surface area contributed by atoms with Crippen molar-refractivity contribution in [3.63, 3.8) is 0 Å². The highest BCUT2D eigenvalue weighted by Gasteiger charge is 2.06. The zero-order valence-electron chi connectivity index (χ0n) is 13.7. The van der Waals surface area contributed by atoms with Gasteiger partial charge in [-0.1, -0.05) is 36.4 Å². The van der Waals surface area contributed by atoms with Crippen molar-refractivity contribution in [1.82, 2.24) is 4.98 Å². The Balaban J connectivity index is 1.80. The molecule has 0 aliphatic rings. The molecule has 0 unspecified atom stereocenters. The molecule has 5 nitrogen and oxygen atoms in total. The second kappa shape index (κ2) is 7.40. The van der Waals surface area contributed by atoms with E-state index in [-0.39, 0.29) is 5.97 Å². The van der Waals surface area contributed by atoms with Crippen LogP contribution in [0.5, 0.6) is 0 Å². The van der Waals surface area contributed by atoms with Gasteiger partial charge in [0.05, 0.1) is 18.4 Å². The zero-order valence-corrected chi connectivity index (χ0v) is 13.7. The number of hydrogen-bond donors (Lipinski definition) is 1. The maximum atomic E-state index is 11.5. The van der Waals surface area contributed by atoms with Crippen LogP contribution in [0.2, 0.25) is 0 Å². The van der Waals surface area contributed by atoms with Crippen molar-refractivity contribution in [2.24, 2.45) is 10.7 Å². The molecule has 0 aliphatic carbocycles. The monoisotopic (exact) mass is 331 g/mol. The van der Waals surface area contributed by atoms with Crippen LogP contribution in [-0.2, 0) is 4.74 Å². The van der Waals surface area contributed by atoms with E-state index in [1.165, 1.54) is 7.11 Å². The molecule has 0 saturated carbocycles. The van der Waals surface area contributed by atoms with Gasteiger partial charge in [-0.15, -0.1) is 0 Å². The lowest BCUT2D eigenvalue weighted by molar-refractivity contribution is 0.0601. The molecule has 2 aromatic carbocycles. The molecule has 0 aliphatic heterocycles. The van der Waals surface area contributed by atoms with Crippen LogP contribution >= 0.6 is 0 Å². The van der Waals surface area contributed by atoms with E-state index in [1.54, 1.807) is 36.7 Å². The Kier molecular flexibility index (Phi) is 4.85. The molecule has 0 atom stereocenters. The molecule has 0 saturated heterocycles. The van der Waals surface area contributed by atoms with Crippen LogP contribution in [-0.4, -0.2) is 23.9 Å². The molecule has 3 aromatic rings. The third-order valence-electron chi connectivity index (χ3n) is 3.73. The molecule has 25 heavy (non-hydrogen) atoms. The summed E-state index contributed by atoms with van der Waals surface area (Å²) in [5, 5.41) is 0. The fraction of sp³-hybridized carbons (Fsp3) is 0.0500. The fourth-order valence-corrected chi connectivity index (χ4v) is 2.37. The van der Waals surface area contributed by atoms with Crippen LogP contribution in [0.4, 0.5) is 5.69 Å². The average Bonchev–Trinajstić information content (AvgIpc) is 2.68. The molecule has 0 fully saturated rings. The minimum Gasteiger partial charge on any atom is -0.465 e. The predicted molar refractivity (Wildman–Crippen MR) is 97.8 cm³/mol. The van der Waals surface area contributed by atoms with Crippen molar-refractivity contribution in [2.45, 2.75) is 0 Å². The van der Waals surface area contributed by atoms with E-state index < -0.39 is 0 Å². The molecule has 1 heterocycles. The molecule has 5 heteroatoms. The summed E-state index contributed by atoms with van der Waals surface area (Å²) in [7, 11) is 1.37. The summed E-state index contributed by atoms with van der Waals surface area (Å²) in [5.41, 5.74) is 10.2. The van der Waals surface area contributed by atoms with E-state index in [1.807, 2.05) is 36.4 Å². The number of hydrogen-bond acceptors (Lipinski definition) is 4. The third kappa shape index (κ3) is 3.90. The van der Waals surface area contributed by atoms with Gasteiger partial charge in [-0.3, -0.25) is 4.98 Å². The average molecular weight is 331 g/mol. The second-order valence-corrected chi connectivity index (χ2v) is 5.35. The van der Waals surface area contributed by atoms with Gasteiger partial charge < -0.3 is 10.5 Å². The van der Waals surface area contributed by atoms with Gasteiger partial charge in [-0.05, 0) is 35.4 Å². The Labute approximate surface area is 145 Å². The first-order chi connectivity index (χ1) is 12.2. The van der Waals surface area contributed by atoms with E-state index in [4.69, 9.17) is 10.5 Å². The molecule has 1 aromatic heterocycles. The topological polar surface area (TPSA) is 77.6 Å². The first-order valence-corrected chi connectivity index (χ1v) is 7.71. The number of pyridine rings is 1. The SMILES string of the molecule is COC(=O)c1ccc(-c2ccc(C(N)=Nc3ccncc3)cc2)cc1. The van der Waals surface area contributed by atoms with E-state index >= 15 is 0 Å². The maximum Gasteiger partial charge on any atom is 0.337 e. The normalized spacial score (nSPS) is 11.2. The molecular weight excluding hydrogens is 314 g/mol. The van der Waals surface area contributed by atoms with Crippen molar-refractivity contribution in [3.8, 4) is 11.1 Å². The molecular formula is C20H17N3O2. The Bertz CT molecular complexity index is 886. The number of aromatic nitrogens is 1. The standard InChI is InChI=1S/C20H17N3O2/c1-25-20(24)17-8-4-15(5-9-17)14-2-6-16(7-3-14)19(21)23-18-10-12-22-13-11-18/h2-13H,1H3,(H2,21,22,23). The summed E-state index contributed by atoms with van der Waals surface area (Å²) in [4.78, 5) is 19.8. The lowest BCUT2D eigenvalue weighted by atomic mass is 10.0. The fourth-order valence-electron chi connectivity index (χ4n) is 2.37. The first-order valence-electron chi connectivity index (χ1n) is 7.71. The number of nitrogens with two attached hydrogens (primary N) is 1. The van der Waals surface area contributed by atoms with E-state index in [0.717, 1.165) is 22.4 Å². The van der Waals surface area contributed by atoms with Gasteiger partial charge >= 0.3 is 5.97 Å². The van der Waals surface area contributed by atoms with E-state index in [2.05, 4.69) is 9.98 Å². The quantitative estimate of drug-likeness (QED) is 0.450. The smallest absolute Gasteiger partial charge is 0.337 e. The summed E-state index contributed by atoms with van der Waals surface area (Å²) in [5.74, 6) is 0.0979. The summed E-state index contributed by atoms with van der Waals surface area (Å²) < 4.78 is 4.70. The van der Waals surface area contributed by atoms with Crippen LogP contribution in [0.3, 0.4) is 0 Å². The van der Waals surface area contributed by atoms with Gasteiger partial charge in [0.15, 0.2) is 0 Å². The number of carbonyl (C=O) groups excluding carboxylic acids is 1. The molecule has 0 spiro atoms. The minimum atomic E-state index is -0.345. The van der Waals surface area contributed by atoms with Gasteiger partial charge in [0.2, 0.25) is 0 Å². The van der Waals surface area contributed by atoms with Gasteiger partial charge in [0.1, 0.15) is 5.84 Å². The lowest BCUT2D eigenvalue weighted by Gasteiger charge is -2.06. The van der Waals surface area contributed by atoms with Gasteiger partial charge in [0, 0.05) is 18.0 Å². The Morgan fingerprint density at radius 2 is 1.40 bits per heavy atom. The molecule has 124 valence electrons. The molecule has 3 rings (SSSR count). The zero-order chi connectivity index (χ0) is 17.6. The number of aliphatic imine (C=N–C) groups is 1. The number of carbonyl (C=O) groups is 1. The largest absolute Gasteiger partial charge is 0.465 e. The third-order valence-corrected chi connectivity index (χ3v) is 3.73. The molecule has 0 radical (unpaired) electrons. The van der Waals surface area contributed by atoms with Crippen LogP contribution in [0.25, 0.3) is 11.1 Å². The highest BCUT2D eigenvalue weighted by molar-refractivity contribution is 5.99. The van der Waals surface area contributed by atoms with Gasteiger partial charge in [0.25, 0.3) is 0 Å². The minimum absolute atomic E-state index is 0.345. The molecule has 0 bridgehead atoms. The van der Waals surface area contributed by atoms with Crippen molar-refractivity contribution in [2.75, 3.05) is 7.11 Å². The predicted octanol–water partition coefficient (Wildman–Crippen LogP) is 3.57. The van der Waals surface area contributed by atoms with E-state index in [0.29, 0.717) is 11.4 Å². The van der Waals surface area contributed by atoms with Crippen molar-refractivity contribution < 1.29 is 9.53 Å². The number of amidine groups is 1. The van der Waals surface area contributed by atoms with Crippen LogP contribution < -0.4 is 5.73 Å². The molecule has 2 N–H and O–H groups in total. The maximum absolute atomic E-state index is 11.5. The van der Waals surface area contributed by atoms with Crippen LogP contribution in [0.15, 0.2) is 78.0 Å². The lowest BCUT2D eigenvalue weighted by Crippen LogP contribution is -2.12. The summed E-state index contributed by atoms with van der Waals surface area (Å²) in [6.45, 7) is 0. The van der Waals surface area contributed by atoms with E-state index in [9.17, 15) is 4.79 Å². The van der Waals surface area contributed by atoms with Crippen molar-refractivity contribution in [3.05, 3.63) is 84.2 Å². The number of benzene rings is 2. The number of esters is 1. The Hall–Kier alpha value is -3.47. The van der Waals surface area contributed by atoms with Gasteiger partial charge in [-0.2, -0.15) is 0 Å². The summed E-state index contributed by atoms with van der Waals surface area (Å²) in [6, 6.07) is 18.6. The summed E-state index contributed by atoms with van der Waals surface area (Å²) >= 11 is 0. The number of methoxy groups -OCH3 is 1. The van der Waals surface area contributed by atoms with Crippen LogP contribution in [0.1, 0.15) is 15.9 Å². The number of ether oxygens (including phenoxy) is 1. The highest BCUT2D eigenvalue weighted by atomic mass is 16.5. The van der Waals surface area contributed by atoms with Crippen LogP contribution in [0, 0.1) is 0 Å². The van der Waals surface area contributed by atoms with Gasteiger partial charge in [-0.25, -0.2) is 9.79 Å². The second-order valence-electron chi connectivity index (χ2n) is 5.35.